The zero-order valence-electron chi connectivity index (χ0n) is 9.59. The van der Waals surface area contributed by atoms with Crippen LogP contribution < -0.4 is 0 Å². The van der Waals surface area contributed by atoms with Crippen molar-refractivity contribution in [2.45, 2.75) is 38.7 Å². The van der Waals surface area contributed by atoms with E-state index in [0.717, 1.165) is 11.6 Å². The van der Waals surface area contributed by atoms with Crippen molar-refractivity contribution in [1.82, 2.24) is 0 Å². The molecule has 0 amide bonds. The third-order valence-electron chi connectivity index (χ3n) is 1.67. The van der Waals surface area contributed by atoms with Crippen molar-refractivity contribution in [2.75, 3.05) is 0 Å². The van der Waals surface area contributed by atoms with Crippen LogP contribution in [0.2, 0.25) is 25.7 Å². The molecule has 0 aromatic carbocycles. The van der Waals surface area contributed by atoms with Crippen molar-refractivity contribution in [1.29, 1.82) is 0 Å². The lowest BCUT2D eigenvalue weighted by atomic mass is 10.2. The molecule has 0 aromatic rings. The van der Waals surface area contributed by atoms with Crippen LogP contribution in [0, 0.1) is 0 Å². The van der Waals surface area contributed by atoms with Crippen LogP contribution in [0.15, 0.2) is 24.8 Å². The summed E-state index contributed by atoms with van der Waals surface area (Å²) >= 11 is 0. The number of ether oxygens (including phenoxy) is 1. The second kappa shape index (κ2) is 5.15. The summed E-state index contributed by atoms with van der Waals surface area (Å²) in [6.45, 7) is 15.8. The van der Waals surface area contributed by atoms with E-state index in [9.17, 15) is 4.79 Å². The summed E-state index contributed by atoms with van der Waals surface area (Å²) in [6.07, 6.45) is 1.31. The maximum atomic E-state index is 10.8. The number of hydrogen-bond donors (Lipinski definition) is 0. The molecule has 2 nitrogen and oxygen atoms in total. The van der Waals surface area contributed by atoms with Crippen LogP contribution in [0.1, 0.15) is 6.92 Å². The van der Waals surface area contributed by atoms with E-state index in [2.05, 4.69) is 32.8 Å². The first kappa shape index (κ1) is 13.2. The van der Waals surface area contributed by atoms with E-state index in [1.165, 1.54) is 6.92 Å². The first-order valence-electron chi connectivity index (χ1n) is 4.73. The fourth-order valence-corrected chi connectivity index (χ4v) is 2.82. The van der Waals surface area contributed by atoms with Gasteiger partial charge in [-0.2, -0.15) is 0 Å². The molecule has 14 heavy (non-hydrogen) atoms. The lowest BCUT2D eigenvalue weighted by Crippen LogP contribution is -2.25. The molecular formula is C11H20O2Si. The molecule has 0 bridgehead atoms. The highest BCUT2D eigenvalue weighted by Crippen LogP contribution is 2.20. The number of carbonyl (C=O) groups is 1. The predicted molar refractivity (Wildman–Crippen MR) is 63.0 cm³/mol. The van der Waals surface area contributed by atoms with E-state index in [1.807, 2.05) is 0 Å². The SMILES string of the molecule is C=CC(OC(C)=O)C(=C)C[Si](C)(C)C. The molecule has 0 aliphatic carbocycles. The molecule has 0 aromatic heterocycles. The van der Waals surface area contributed by atoms with E-state index >= 15 is 0 Å². The van der Waals surface area contributed by atoms with Gasteiger partial charge in [-0.15, -0.1) is 0 Å². The van der Waals surface area contributed by atoms with Gasteiger partial charge in [-0.3, -0.25) is 4.79 Å². The van der Waals surface area contributed by atoms with Gasteiger partial charge in [0.05, 0.1) is 0 Å². The third-order valence-corrected chi connectivity index (χ3v) is 3.18. The number of hydrogen-bond acceptors (Lipinski definition) is 2. The van der Waals surface area contributed by atoms with E-state index < -0.39 is 8.07 Å². The van der Waals surface area contributed by atoms with E-state index in [1.54, 1.807) is 6.08 Å². The second-order valence-corrected chi connectivity index (χ2v) is 10.1. The van der Waals surface area contributed by atoms with Crippen molar-refractivity contribution in [3.8, 4) is 0 Å². The third kappa shape index (κ3) is 5.75. The van der Waals surface area contributed by atoms with Gasteiger partial charge in [0.1, 0.15) is 6.10 Å². The molecule has 3 heteroatoms. The summed E-state index contributed by atoms with van der Waals surface area (Å²) in [5.74, 6) is -0.286. The van der Waals surface area contributed by atoms with Crippen LogP contribution in [-0.4, -0.2) is 20.1 Å². The molecule has 0 heterocycles. The first-order valence-corrected chi connectivity index (χ1v) is 8.44. The first-order chi connectivity index (χ1) is 6.26. The second-order valence-electron chi connectivity index (χ2n) is 4.66. The lowest BCUT2D eigenvalue weighted by Gasteiger charge is -2.22. The molecule has 0 N–H and O–H groups in total. The monoisotopic (exact) mass is 212 g/mol. The Morgan fingerprint density at radius 1 is 1.50 bits per heavy atom. The minimum absolute atomic E-state index is 0.286. The predicted octanol–water partition coefficient (Wildman–Crippen LogP) is 3.00. The molecule has 0 saturated carbocycles. The van der Waals surface area contributed by atoms with Gasteiger partial charge in [-0.1, -0.05) is 32.8 Å². The van der Waals surface area contributed by atoms with Crippen LogP contribution in [0.5, 0.6) is 0 Å². The molecule has 1 unspecified atom stereocenters. The average molecular weight is 212 g/mol. The van der Waals surface area contributed by atoms with Gasteiger partial charge in [0.2, 0.25) is 0 Å². The van der Waals surface area contributed by atoms with Crippen molar-refractivity contribution in [2.24, 2.45) is 0 Å². The van der Waals surface area contributed by atoms with Gasteiger partial charge in [-0.25, -0.2) is 0 Å². The Hall–Kier alpha value is -0.833. The highest BCUT2D eigenvalue weighted by molar-refractivity contribution is 6.76. The van der Waals surface area contributed by atoms with Gasteiger partial charge < -0.3 is 4.74 Å². The number of esters is 1. The highest BCUT2D eigenvalue weighted by Gasteiger charge is 2.20. The Morgan fingerprint density at radius 3 is 2.29 bits per heavy atom. The normalized spacial score (nSPS) is 13.1. The number of carbonyl (C=O) groups excluding carboxylic acids is 1. The fraction of sp³-hybridized carbons (Fsp3) is 0.545. The van der Waals surface area contributed by atoms with Crippen molar-refractivity contribution >= 4 is 14.0 Å². The highest BCUT2D eigenvalue weighted by atomic mass is 28.3. The fourth-order valence-electron chi connectivity index (χ4n) is 1.26. The Kier molecular flexibility index (Phi) is 4.84. The van der Waals surface area contributed by atoms with Gasteiger partial charge in [0.25, 0.3) is 0 Å². The van der Waals surface area contributed by atoms with E-state index in [-0.39, 0.29) is 12.1 Å². The molecule has 0 saturated heterocycles. The quantitative estimate of drug-likeness (QED) is 0.398. The smallest absolute Gasteiger partial charge is 0.303 e. The largest absolute Gasteiger partial charge is 0.454 e. The molecule has 0 spiro atoms. The minimum Gasteiger partial charge on any atom is -0.454 e. The van der Waals surface area contributed by atoms with Crippen molar-refractivity contribution in [3.05, 3.63) is 24.8 Å². The minimum atomic E-state index is -1.19. The molecule has 0 fully saturated rings. The summed E-state index contributed by atoms with van der Waals surface area (Å²) in [6, 6.07) is 0.955. The Morgan fingerprint density at radius 2 is 2.00 bits per heavy atom. The summed E-state index contributed by atoms with van der Waals surface area (Å²) in [5.41, 5.74) is 0.953. The zero-order valence-corrected chi connectivity index (χ0v) is 10.6. The Labute approximate surface area is 87.7 Å². The van der Waals surface area contributed by atoms with Gasteiger partial charge in [0, 0.05) is 15.0 Å². The Bertz CT molecular complexity index is 238. The summed E-state index contributed by atoms with van der Waals surface area (Å²) in [4.78, 5) is 10.8. The van der Waals surface area contributed by atoms with Gasteiger partial charge in [-0.05, 0) is 17.7 Å². The van der Waals surface area contributed by atoms with Crippen LogP contribution in [-0.2, 0) is 9.53 Å². The Balaban J connectivity index is 4.33. The van der Waals surface area contributed by atoms with Gasteiger partial charge >= 0.3 is 5.97 Å². The molecule has 0 aliphatic heterocycles. The maximum Gasteiger partial charge on any atom is 0.303 e. The summed E-state index contributed by atoms with van der Waals surface area (Å²) < 4.78 is 5.07. The van der Waals surface area contributed by atoms with Crippen LogP contribution in [0.4, 0.5) is 0 Å². The summed E-state index contributed by atoms with van der Waals surface area (Å²) in [5, 5.41) is 0. The average Bonchev–Trinajstić information content (AvgIpc) is 1.96. The zero-order chi connectivity index (χ0) is 11.4. The van der Waals surface area contributed by atoms with Crippen molar-refractivity contribution < 1.29 is 9.53 Å². The molecule has 0 radical (unpaired) electrons. The molecule has 1 atom stereocenters. The molecule has 80 valence electrons. The molecular weight excluding hydrogens is 192 g/mol. The maximum absolute atomic E-state index is 10.8. The van der Waals surface area contributed by atoms with Crippen molar-refractivity contribution in [3.63, 3.8) is 0 Å². The number of rotatable bonds is 5. The van der Waals surface area contributed by atoms with Crippen LogP contribution in [0.25, 0.3) is 0 Å². The molecule has 0 rings (SSSR count). The summed E-state index contributed by atoms with van der Waals surface area (Å²) in [7, 11) is -1.19. The van der Waals surface area contributed by atoms with Crippen LogP contribution in [0.3, 0.4) is 0 Å². The molecule has 0 aliphatic rings. The standard InChI is InChI=1S/C11H20O2Si/c1-7-11(13-10(3)12)9(2)8-14(4,5)6/h7,11H,1-2,8H2,3-6H3. The lowest BCUT2D eigenvalue weighted by molar-refractivity contribution is -0.142. The topological polar surface area (TPSA) is 26.3 Å². The van der Waals surface area contributed by atoms with E-state index in [4.69, 9.17) is 4.74 Å². The van der Waals surface area contributed by atoms with Gasteiger partial charge in [0.15, 0.2) is 0 Å². The van der Waals surface area contributed by atoms with Crippen LogP contribution >= 0.6 is 0 Å². The van der Waals surface area contributed by atoms with E-state index in [0.29, 0.717) is 0 Å².